The van der Waals surface area contributed by atoms with Crippen LogP contribution in [0.1, 0.15) is 59.9 Å². The van der Waals surface area contributed by atoms with Crippen molar-refractivity contribution in [3.63, 3.8) is 0 Å². The van der Waals surface area contributed by atoms with Crippen LogP contribution in [0.15, 0.2) is 133 Å². The molecule has 9 nitrogen and oxygen atoms in total. The SMILES string of the molecule is COc1cc(C2CC(OC(=O)Cc3ccc4cc(O)cc(-c5ccccc5)c4c3)CC(OC(C)=O)C3Cc4cc(OC)c(O)cc4CC3(c3ccc4ccccc4c3)C2)ccc1O. The molecule has 7 aromatic rings. The fraction of sp³-hybridized carbons (Fsp3) is 0.259. The van der Waals surface area contributed by atoms with E-state index in [0.717, 1.165) is 60.5 Å². The third kappa shape index (κ3) is 8.23. The number of hydrogen-bond donors (Lipinski definition) is 3. The van der Waals surface area contributed by atoms with E-state index >= 15 is 0 Å². The van der Waals surface area contributed by atoms with Gasteiger partial charge in [0.2, 0.25) is 0 Å². The first-order valence-corrected chi connectivity index (χ1v) is 21.4. The zero-order valence-electron chi connectivity index (χ0n) is 35.5. The van der Waals surface area contributed by atoms with Gasteiger partial charge in [-0.1, -0.05) is 91.0 Å². The lowest BCUT2D eigenvalue weighted by atomic mass is 9.54. The van der Waals surface area contributed by atoms with Crippen molar-refractivity contribution in [2.45, 2.75) is 69.0 Å². The summed E-state index contributed by atoms with van der Waals surface area (Å²) in [6.45, 7) is 1.42. The van der Waals surface area contributed by atoms with Gasteiger partial charge in [0.05, 0.1) is 20.6 Å². The summed E-state index contributed by atoms with van der Waals surface area (Å²) in [5.41, 5.74) is 5.87. The standard InChI is InChI=1S/C54H50O9/c1-32(55)62-50-29-44(63-53(59)20-33-13-14-38-22-43(56)28-46(45(38)19-33)35-10-5-4-6-11-35)23-40(37-16-18-48(57)51(26-37)60-2)30-54(42-17-15-34-9-7-8-12-36(34)21-42)31-41-25-49(58)52(61-3)27-39(41)24-47(50)54/h4-19,21-22,25-28,40,44,47,50,56-58H,20,23-24,29-31H2,1-3H3. The molecular formula is C54H50O9. The van der Waals surface area contributed by atoms with Gasteiger partial charge < -0.3 is 34.3 Å². The lowest BCUT2D eigenvalue weighted by Gasteiger charge is -2.52. The lowest BCUT2D eigenvalue weighted by molar-refractivity contribution is -0.160. The largest absolute Gasteiger partial charge is 0.508 e. The van der Waals surface area contributed by atoms with E-state index in [1.165, 1.54) is 21.1 Å². The molecule has 63 heavy (non-hydrogen) atoms. The van der Waals surface area contributed by atoms with Crippen LogP contribution in [0, 0.1) is 5.92 Å². The van der Waals surface area contributed by atoms with E-state index in [9.17, 15) is 24.9 Å². The molecular weight excluding hydrogens is 793 g/mol. The zero-order valence-corrected chi connectivity index (χ0v) is 35.5. The first-order valence-electron chi connectivity index (χ1n) is 21.4. The molecule has 5 unspecified atom stereocenters. The third-order valence-corrected chi connectivity index (χ3v) is 13.3. The molecule has 5 atom stereocenters. The lowest BCUT2D eigenvalue weighted by Crippen LogP contribution is -2.52. The number of phenols is 3. The van der Waals surface area contributed by atoms with E-state index in [4.69, 9.17) is 18.9 Å². The number of rotatable bonds is 9. The second kappa shape index (κ2) is 17.0. The summed E-state index contributed by atoms with van der Waals surface area (Å²) in [6.07, 6.45) is 0.916. The van der Waals surface area contributed by atoms with E-state index in [-0.39, 0.29) is 41.9 Å². The van der Waals surface area contributed by atoms with E-state index in [2.05, 4.69) is 30.3 Å². The van der Waals surface area contributed by atoms with E-state index in [1.807, 2.05) is 78.9 Å². The number of fused-ring (bicyclic) bond motifs is 4. The smallest absolute Gasteiger partial charge is 0.310 e. The van der Waals surface area contributed by atoms with E-state index in [0.29, 0.717) is 37.2 Å². The number of carbonyl (C=O) groups excluding carboxylic acids is 2. The normalized spacial score (nSPS) is 20.7. The Hall–Kier alpha value is -7.00. The summed E-state index contributed by atoms with van der Waals surface area (Å²) in [6, 6.07) is 42.9. The predicted molar refractivity (Wildman–Crippen MR) is 243 cm³/mol. The topological polar surface area (TPSA) is 132 Å². The van der Waals surface area contributed by atoms with Crippen LogP contribution in [-0.2, 0) is 43.7 Å². The molecule has 0 heterocycles. The number of phenolic OH excluding ortho intramolecular Hbond substituents is 3. The average Bonchev–Trinajstić information content (AvgIpc) is 3.27. The molecule has 0 aromatic heterocycles. The molecule has 0 amide bonds. The number of methoxy groups -OCH3 is 2. The molecule has 0 aliphatic heterocycles. The molecule has 1 saturated carbocycles. The minimum absolute atomic E-state index is 0.00139. The molecule has 320 valence electrons. The molecule has 2 aliphatic carbocycles. The van der Waals surface area contributed by atoms with Crippen molar-refractivity contribution < 1.29 is 43.9 Å². The quantitative estimate of drug-likeness (QED) is 0.122. The Labute approximate surface area is 366 Å². The first-order chi connectivity index (χ1) is 30.5. The third-order valence-electron chi connectivity index (χ3n) is 13.3. The minimum atomic E-state index is -0.658. The van der Waals surface area contributed by atoms with Crippen LogP contribution in [-0.4, -0.2) is 53.7 Å². The van der Waals surface area contributed by atoms with Gasteiger partial charge in [-0.2, -0.15) is 0 Å². The summed E-state index contributed by atoms with van der Waals surface area (Å²) in [5.74, 6) is -0.430. The molecule has 9 heteroatoms. The van der Waals surface area contributed by atoms with Crippen LogP contribution in [0.2, 0.25) is 0 Å². The molecule has 0 spiro atoms. The Balaban J connectivity index is 1.14. The highest BCUT2D eigenvalue weighted by Crippen LogP contribution is 2.55. The molecule has 7 aromatic carbocycles. The number of aromatic hydroxyl groups is 3. The maximum absolute atomic E-state index is 14.2. The second-order valence-corrected chi connectivity index (χ2v) is 17.2. The van der Waals surface area contributed by atoms with Crippen LogP contribution in [0.4, 0.5) is 0 Å². The van der Waals surface area contributed by atoms with Gasteiger partial charge in [-0.15, -0.1) is 0 Å². The summed E-state index contributed by atoms with van der Waals surface area (Å²) in [5, 5.41) is 36.3. The monoisotopic (exact) mass is 842 g/mol. The van der Waals surface area contributed by atoms with Gasteiger partial charge in [0, 0.05) is 24.7 Å². The number of esters is 2. The Morgan fingerprint density at radius 3 is 2.21 bits per heavy atom. The first kappa shape index (κ1) is 41.4. The van der Waals surface area contributed by atoms with Crippen molar-refractivity contribution in [3.8, 4) is 39.9 Å². The van der Waals surface area contributed by atoms with E-state index < -0.39 is 29.6 Å². The van der Waals surface area contributed by atoms with Crippen molar-refractivity contribution in [2.24, 2.45) is 5.92 Å². The highest BCUT2D eigenvalue weighted by atomic mass is 16.6. The number of carbonyl (C=O) groups is 2. The summed E-state index contributed by atoms with van der Waals surface area (Å²) < 4.78 is 24.1. The highest BCUT2D eigenvalue weighted by molar-refractivity contribution is 5.98. The van der Waals surface area contributed by atoms with Gasteiger partial charge in [0.25, 0.3) is 0 Å². The highest BCUT2D eigenvalue weighted by Gasteiger charge is 2.52. The van der Waals surface area contributed by atoms with Crippen molar-refractivity contribution in [1.82, 2.24) is 0 Å². The maximum Gasteiger partial charge on any atom is 0.310 e. The fourth-order valence-corrected chi connectivity index (χ4v) is 10.5. The Bertz CT molecular complexity index is 2850. The second-order valence-electron chi connectivity index (χ2n) is 17.2. The van der Waals surface area contributed by atoms with Crippen molar-refractivity contribution in [3.05, 3.63) is 161 Å². The molecule has 2 aliphatic rings. The van der Waals surface area contributed by atoms with Gasteiger partial charge in [-0.05, 0) is 135 Å². The molecule has 9 rings (SSSR count). The molecule has 1 fully saturated rings. The Kier molecular flexibility index (Phi) is 11.2. The zero-order chi connectivity index (χ0) is 43.8. The number of hydrogen-bond acceptors (Lipinski definition) is 9. The molecule has 0 bridgehead atoms. The predicted octanol–water partition coefficient (Wildman–Crippen LogP) is 10.5. The van der Waals surface area contributed by atoms with Gasteiger partial charge in [0.15, 0.2) is 23.0 Å². The molecule has 3 N–H and O–H groups in total. The van der Waals surface area contributed by atoms with Gasteiger partial charge in [-0.3, -0.25) is 9.59 Å². The summed E-state index contributed by atoms with van der Waals surface area (Å²) in [7, 11) is 3.05. The van der Waals surface area contributed by atoms with Crippen LogP contribution >= 0.6 is 0 Å². The number of ether oxygens (including phenoxy) is 4. The van der Waals surface area contributed by atoms with E-state index in [1.54, 1.807) is 24.3 Å². The Morgan fingerprint density at radius 1 is 0.683 bits per heavy atom. The van der Waals surface area contributed by atoms with Crippen LogP contribution < -0.4 is 9.47 Å². The Morgan fingerprint density at radius 2 is 1.43 bits per heavy atom. The van der Waals surface area contributed by atoms with Crippen molar-refractivity contribution >= 4 is 33.5 Å². The molecule has 0 saturated heterocycles. The molecule has 0 radical (unpaired) electrons. The van der Waals surface area contributed by atoms with Gasteiger partial charge in [-0.25, -0.2) is 0 Å². The van der Waals surface area contributed by atoms with Crippen LogP contribution in [0.5, 0.6) is 28.7 Å². The van der Waals surface area contributed by atoms with Gasteiger partial charge >= 0.3 is 11.9 Å². The van der Waals surface area contributed by atoms with Crippen LogP contribution in [0.25, 0.3) is 32.7 Å². The van der Waals surface area contributed by atoms with Crippen molar-refractivity contribution in [1.29, 1.82) is 0 Å². The maximum atomic E-state index is 14.2. The number of benzene rings is 7. The summed E-state index contributed by atoms with van der Waals surface area (Å²) >= 11 is 0. The average molecular weight is 843 g/mol. The minimum Gasteiger partial charge on any atom is -0.508 e. The van der Waals surface area contributed by atoms with Crippen LogP contribution in [0.3, 0.4) is 0 Å². The summed E-state index contributed by atoms with van der Waals surface area (Å²) in [4.78, 5) is 27.4. The fourth-order valence-electron chi connectivity index (χ4n) is 10.5. The van der Waals surface area contributed by atoms with Gasteiger partial charge in [0.1, 0.15) is 18.0 Å². The van der Waals surface area contributed by atoms with Crippen molar-refractivity contribution in [2.75, 3.05) is 14.2 Å².